The van der Waals surface area contributed by atoms with Crippen LogP contribution in [0, 0.1) is 0 Å². The zero-order chi connectivity index (χ0) is 21.3. The Balaban J connectivity index is 1.65. The first-order chi connectivity index (χ1) is 14.4. The Hall–Kier alpha value is -2.95. The normalized spacial score (nSPS) is 11.0. The SMILES string of the molecule is CN(c1cccc(Cn2cc(CC(=O)O)c3ccccc32)c1)c1ccc(Cl)c(Cl)c1. The Bertz CT molecular complexity index is 1230. The number of benzene rings is 3. The minimum atomic E-state index is -0.830. The van der Waals surface area contributed by atoms with Crippen LogP contribution in [0.4, 0.5) is 11.4 Å². The molecule has 0 bridgehead atoms. The number of hydrogen-bond donors (Lipinski definition) is 1. The number of aromatic nitrogens is 1. The first kappa shape index (κ1) is 20.3. The fourth-order valence-corrected chi connectivity index (χ4v) is 3.95. The van der Waals surface area contributed by atoms with Crippen LogP contribution in [0.3, 0.4) is 0 Å². The highest BCUT2D eigenvalue weighted by Crippen LogP contribution is 2.31. The zero-order valence-corrected chi connectivity index (χ0v) is 17.9. The molecule has 0 fully saturated rings. The van der Waals surface area contributed by atoms with Crippen LogP contribution in [0.5, 0.6) is 0 Å². The van der Waals surface area contributed by atoms with Gasteiger partial charge in [0.15, 0.2) is 0 Å². The lowest BCUT2D eigenvalue weighted by molar-refractivity contribution is -0.136. The fourth-order valence-electron chi connectivity index (χ4n) is 3.66. The van der Waals surface area contributed by atoms with Crippen LogP contribution in [0.2, 0.25) is 10.0 Å². The van der Waals surface area contributed by atoms with Crippen molar-refractivity contribution in [2.75, 3.05) is 11.9 Å². The van der Waals surface area contributed by atoms with E-state index in [0.717, 1.165) is 33.4 Å². The van der Waals surface area contributed by atoms with E-state index < -0.39 is 5.97 Å². The third kappa shape index (κ3) is 4.16. The average molecular weight is 439 g/mol. The quantitative estimate of drug-likeness (QED) is 0.379. The van der Waals surface area contributed by atoms with Crippen molar-refractivity contribution in [2.24, 2.45) is 0 Å². The van der Waals surface area contributed by atoms with Crippen molar-refractivity contribution in [2.45, 2.75) is 13.0 Å². The number of carbonyl (C=O) groups is 1. The Kier molecular flexibility index (Phi) is 5.71. The minimum absolute atomic E-state index is 0.00756. The average Bonchev–Trinajstić information content (AvgIpc) is 3.06. The summed E-state index contributed by atoms with van der Waals surface area (Å²) in [7, 11) is 1.98. The molecule has 0 aliphatic heterocycles. The molecule has 0 unspecified atom stereocenters. The van der Waals surface area contributed by atoms with E-state index in [0.29, 0.717) is 16.6 Å². The van der Waals surface area contributed by atoms with Gasteiger partial charge in [0.2, 0.25) is 0 Å². The summed E-state index contributed by atoms with van der Waals surface area (Å²) in [5.41, 5.74) is 4.92. The van der Waals surface area contributed by atoms with E-state index in [9.17, 15) is 9.90 Å². The summed E-state index contributed by atoms with van der Waals surface area (Å²) in [4.78, 5) is 13.3. The van der Waals surface area contributed by atoms with E-state index in [-0.39, 0.29) is 6.42 Å². The molecule has 1 N–H and O–H groups in total. The molecule has 0 amide bonds. The second-order valence-electron chi connectivity index (χ2n) is 7.20. The van der Waals surface area contributed by atoms with Crippen molar-refractivity contribution in [1.82, 2.24) is 4.57 Å². The summed E-state index contributed by atoms with van der Waals surface area (Å²) in [6.07, 6.45) is 1.95. The standard InChI is InChI=1S/C24H20Cl2N2O2/c1-27(19-9-10-21(25)22(26)13-19)18-6-4-5-16(11-18)14-28-15-17(12-24(29)30)20-7-2-3-8-23(20)28/h2-11,13,15H,12,14H2,1H3,(H,29,30). The summed E-state index contributed by atoms with van der Waals surface area (Å²) in [5, 5.41) is 11.3. The Morgan fingerprint density at radius 1 is 0.967 bits per heavy atom. The third-order valence-electron chi connectivity index (χ3n) is 5.15. The molecule has 4 nitrogen and oxygen atoms in total. The number of carboxylic acids is 1. The van der Waals surface area contributed by atoms with Gasteiger partial charge in [-0.2, -0.15) is 0 Å². The maximum Gasteiger partial charge on any atom is 0.307 e. The van der Waals surface area contributed by atoms with Gasteiger partial charge in [-0.1, -0.05) is 53.5 Å². The van der Waals surface area contributed by atoms with Gasteiger partial charge in [0.1, 0.15) is 0 Å². The topological polar surface area (TPSA) is 45.5 Å². The lowest BCUT2D eigenvalue weighted by atomic mass is 10.1. The largest absolute Gasteiger partial charge is 0.481 e. The van der Waals surface area contributed by atoms with E-state index in [1.54, 1.807) is 6.07 Å². The van der Waals surface area contributed by atoms with Crippen LogP contribution < -0.4 is 4.90 Å². The predicted molar refractivity (Wildman–Crippen MR) is 123 cm³/mol. The Labute approximate surface area is 184 Å². The summed E-state index contributed by atoms with van der Waals surface area (Å²) in [6, 6.07) is 21.7. The fraction of sp³-hybridized carbons (Fsp3) is 0.125. The molecule has 0 saturated carbocycles. The second kappa shape index (κ2) is 8.42. The van der Waals surface area contributed by atoms with Crippen LogP contribution in [0.25, 0.3) is 10.9 Å². The third-order valence-corrected chi connectivity index (χ3v) is 5.89. The molecule has 1 heterocycles. The summed E-state index contributed by atoms with van der Waals surface area (Å²) >= 11 is 12.2. The lowest BCUT2D eigenvalue weighted by Crippen LogP contribution is -2.10. The number of carboxylic acid groups (broad SMARTS) is 1. The van der Waals surface area contributed by atoms with Crippen molar-refractivity contribution < 1.29 is 9.90 Å². The van der Waals surface area contributed by atoms with E-state index in [2.05, 4.69) is 21.6 Å². The Morgan fingerprint density at radius 2 is 1.73 bits per heavy atom. The van der Waals surface area contributed by atoms with Crippen LogP contribution in [0.15, 0.2) is 72.9 Å². The first-order valence-corrected chi connectivity index (χ1v) is 10.2. The monoisotopic (exact) mass is 438 g/mol. The van der Waals surface area contributed by atoms with E-state index >= 15 is 0 Å². The maximum absolute atomic E-state index is 11.2. The van der Waals surface area contributed by atoms with Crippen molar-refractivity contribution in [3.05, 3.63) is 94.1 Å². The molecule has 4 aromatic rings. The number of hydrogen-bond acceptors (Lipinski definition) is 2. The number of para-hydroxylation sites is 1. The molecule has 0 aliphatic rings. The molecule has 0 aliphatic carbocycles. The molecule has 0 saturated heterocycles. The second-order valence-corrected chi connectivity index (χ2v) is 8.01. The number of fused-ring (bicyclic) bond motifs is 1. The molecule has 4 rings (SSSR count). The minimum Gasteiger partial charge on any atom is -0.481 e. The van der Waals surface area contributed by atoms with Gasteiger partial charge in [0, 0.05) is 42.1 Å². The molecule has 0 spiro atoms. The zero-order valence-electron chi connectivity index (χ0n) is 16.3. The highest BCUT2D eigenvalue weighted by Gasteiger charge is 2.12. The predicted octanol–water partition coefficient (Wildman–Crippen LogP) is 6.39. The number of nitrogens with zero attached hydrogens (tertiary/aromatic N) is 2. The van der Waals surface area contributed by atoms with Gasteiger partial charge in [0.05, 0.1) is 16.5 Å². The maximum atomic E-state index is 11.2. The molecule has 0 radical (unpaired) electrons. The van der Waals surface area contributed by atoms with Crippen LogP contribution in [-0.4, -0.2) is 22.7 Å². The molecule has 6 heteroatoms. The van der Waals surface area contributed by atoms with Gasteiger partial charge in [-0.3, -0.25) is 4.79 Å². The van der Waals surface area contributed by atoms with Crippen molar-refractivity contribution in [3.8, 4) is 0 Å². The molecule has 3 aromatic carbocycles. The number of anilines is 2. The number of halogens is 2. The van der Waals surface area contributed by atoms with Crippen LogP contribution in [-0.2, 0) is 17.8 Å². The van der Waals surface area contributed by atoms with Gasteiger partial charge in [0.25, 0.3) is 0 Å². The van der Waals surface area contributed by atoms with E-state index in [1.165, 1.54) is 0 Å². The van der Waals surface area contributed by atoms with Crippen molar-refractivity contribution in [3.63, 3.8) is 0 Å². The summed E-state index contributed by atoms with van der Waals surface area (Å²) in [5.74, 6) is -0.830. The molecule has 1 aromatic heterocycles. The van der Waals surface area contributed by atoms with Crippen LogP contribution in [0.1, 0.15) is 11.1 Å². The summed E-state index contributed by atoms with van der Waals surface area (Å²) in [6.45, 7) is 0.642. The summed E-state index contributed by atoms with van der Waals surface area (Å²) < 4.78 is 2.10. The Morgan fingerprint density at radius 3 is 2.50 bits per heavy atom. The number of aliphatic carboxylic acids is 1. The molecule has 152 valence electrons. The van der Waals surface area contributed by atoms with Gasteiger partial charge < -0.3 is 14.6 Å². The van der Waals surface area contributed by atoms with Gasteiger partial charge >= 0.3 is 5.97 Å². The molecule has 30 heavy (non-hydrogen) atoms. The van der Waals surface area contributed by atoms with Gasteiger partial charge in [-0.15, -0.1) is 0 Å². The lowest BCUT2D eigenvalue weighted by Gasteiger charge is -2.21. The molecular formula is C24H20Cl2N2O2. The van der Waals surface area contributed by atoms with Crippen molar-refractivity contribution >= 4 is 51.4 Å². The van der Waals surface area contributed by atoms with Gasteiger partial charge in [-0.05, 0) is 47.5 Å². The van der Waals surface area contributed by atoms with Crippen molar-refractivity contribution in [1.29, 1.82) is 0 Å². The highest BCUT2D eigenvalue weighted by atomic mass is 35.5. The first-order valence-electron chi connectivity index (χ1n) is 9.48. The van der Waals surface area contributed by atoms with E-state index in [1.807, 2.05) is 61.8 Å². The van der Waals surface area contributed by atoms with Gasteiger partial charge in [-0.25, -0.2) is 0 Å². The van der Waals surface area contributed by atoms with E-state index in [4.69, 9.17) is 23.2 Å². The molecule has 0 atom stereocenters. The van der Waals surface area contributed by atoms with Crippen LogP contribution >= 0.6 is 23.2 Å². The number of rotatable bonds is 6. The smallest absolute Gasteiger partial charge is 0.307 e. The highest BCUT2D eigenvalue weighted by molar-refractivity contribution is 6.42. The molecular weight excluding hydrogens is 419 g/mol.